The lowest BCUT2D eigenvalue weighted by atomic mass is 10.1. The molecule has 15 heavy (non-hydrogen) atoms. The van der Waals surface area contributed by atoms with Crippen molar-refractivity contribution in [2.75, 3.05) is 0 Å². The first-order valence-corrected chi connectivity index (χ1v) is 4.32. The average molecular weight is 235 g/mol. The topological polar surface area (TPSA) is 17.1 Å². The van der Waals surface area contributed by atoms with Gasteiger partial charge in [-0.05, 0) is 35.4 Å². The molecule has 0 aliphatic carbocycles. The molecule has 0 heterocycles. The van der Waals surface area contributed by atoms with E-state index in [0.717, 1.165) is 18.2 Å². The molecule has 0 saturated heterocycles. The molecule has 0 aliphatic heterocycles. The summed E-state index contributed by atoms with van der Waals surface area (Å²) in [5.74, 6) is 0. The highest BCUT2D eigenvalue weighted by Gasteiger charge is 2.29. The smallest absolute Gasteiger partial charge is 0.276 e. The van der Waals surface area contributed by atoms with Gasteiger partial charge in [0.05, 0.1) is 5.56 Å². The van der Waals surface area contributed by atoms with Crippen LogP contribution in [-0.2, 0) is 11.0 Å². The number of alkyl halides is 3. The summed E-state index contributed by atoms with van der Waals surface area (Å²) >= 11 is 5.03. The molecule has 0 atom stereocenters. The normalized spacial score (nSPS) is 12.0. The van der Waals surface area contributed by atoms with Crippen molar-refractivity contribution in [3.63, 3.8) is 0 Å². The van der Waals surface area contributed by atoms with Crippen molar-refractivity contribution < 1.29 is 18.0 Å². The highest BCUT2D eigenvalue weighted by molar-refractivity contribution is 6.66. The maximum absolute atomic E-state index is 12.1. The Hall–Kier alpha value is -1.29. The van der Waals surface area contributed by atoms with Crippen molar-refractivity contribution in [3.8, 4) is 0 Å². The summed E-state index contributed by atoms with van der Waals surface area (Å²) in [7, 11) is 0. The van der Waals surface area contributed by atoms with Crippen LogP contribution in [0.2, 0.25) is 0 Å². The summed E-state index contributed by atoms with van der Waals surface area (Å²) in [6, 6.07) is 4.41. The Balaban J connectivity index is 2.86. The van der Waals surface area contributed by atoms with Crippen molar-refractivity contribution in [1.29, 1.82) is 0 Å². The van der Waals surface area contributed by atoms with E-state index in [1.807, 2.05) is 0 Å². The molecule has 0 spiro atoms. The lowest BCUT2D eigenvalue weighted by Gasteiger charge is -2.05. The molecule has 0 bridgehead atoms. The van der Waals surface area contributed by atoms with E-state index in [2.05, 4.69) is 0 Å². The fourth-order valence-electron chi connectivity index (χ4n) is 0.945. The molecule has 1 nitrogen and oxygen atoms in total. The highest BCUT2D eigenvalue weighted by Crippen LogP contribution is 2.29. The molecule has 80 valence electrons. The lowest BCUT2D eigenvalue weighted by Crippen LogP contribution is -2.03. The molecule has 0 radical (unpaired) electrons. The van der Waals surface area contributed by atoms with Crippen LogP contribution in [0.15, 0.2) is 30.3 Å². The Morgan fingerprint density at radius 3 is 2.13 bits per heavy atom. The summed E-state index contributed by atoms with van der Waals surface area (Å²) < 4.78 is 36.4. The summed E-state index contributed by atoms with van der Waals surface area (Å²) in [6.07, 6.45) is -1.93. The van der Waals surface area contributed by atoms with E-state index in [1.165, 1.54) is 18.2 Å². The first-order chi connectivity index (χ1) is 6.89. The lowest BCUT2D eigenvalue weighted by molar-refractivity contribution is -0.137. The van der Waals surface area contributed by atoms with Crippen LogP contribution in [0.5, 0.6) is 0 Å². The van der Waals surface area contributed by atoms with E-state index >= 15 is 0 Å². The molecule has 0 N–H and O–H groups in total. The predicted molar refractivity (Wildman–Crippen MR) is 51.3 cm³/mol. The van der Waals surface area contributed by atoms with Crippen LogP contribution in [0.1, 0.15) is 11.1 Å². The number of carbonyl (C=O) groups excluding carboxylic acids is 1. The van der Waals surface area contributed by atoms with Crippen LogP contribution >= 0.6 is 11.6 Å². The zero-order valence-electron chi connectivity index (χ0n) is 7.38. The van der Waals surface area contributed by atoms with Crippen LogP contribution < -0.4 is 0 Å². The van der Waals surface area contributed by atoms with E-state index < -0.39 is 17.0 Å². The third-order valence-corrected chi connectivity index (χ3v) is 1.77. The number of carbonyl (C=O) groups is 1. The molecule has 0 amide bonds. The van der Waals surface area contributed by atoms with Crippen molar-refractivity contribution in [2.45, 2.75) is 6.18 Å². The van der Waals surface area contributed by atoms with Gasteiger partial charge >= 0.3 is 6.18 Å². The predicted octanol–water partition coefficient (Wildman–Crippen LogP) is 3.48. The zero-order valence-corrected chi connectivity index (χ0v) is 8.14. The first-order valence-electron chi connectivity index (χ1n) is 3.94. The van der Waals surface area contributed by atoms with Crippen molar-refractivity contribution in [3.05, 3.63) is 41.5 Å². The Kier molecular flexibility index (Phi) is 3.52. The number of hydrogen-bond donors (Lipinski definition) is 0. The Morgan fingerprint density at radius 1 is 1.20 bits per heavy atom. The second-order valence-corrected chi connectivity index (χ2v) is 3.13. The zero-order chi connectivity index (χ0) is 11.5. The number of hydrogen-bond acceptors (Lipinski definition) is 1. The molecule has 1 rings (SSSR count). The van der Waals surface area contributed by atoms with Gasteiger partial charge in [0.15, 0.2) is 0 Å². The van der Waals surface area contributed by atoms with Gasteiger partial charge in [-0.1, -0.05) is 18.2 Å². The van der Waals surface area contributed by atoms with Gasteiger partial charge in [0, 0.05) is 0 Å². The van der Waals surface area contributed by atoms with Gasteiger partial charge in [-0.15, -0.1) is 0 Å². The minimum Gasteiger partial charge on any atom is -0.276 e. The van der Waals surface area contributed by atoms with Crippen LogP contribution in [0.25, 0.3) is 6.08 Å². The van der Waals surface area contributed by atoms with Gasteiger partial charge < -0.3 is 0 Å². The maximum atomic E-state index is 12.1. The van der Waals surface area contributed by atoms with E-state index in [-0.39, 0.29) is 0 Å². The van der Waals surface area contributed by atoms with Crippen molar-refractivity contribution in [1.82, 2.24) is 0 Å². The molecule has 0 fully saturated rings. The van der Waals surface area contributed by atoms with Crippen molar-refractivity contribution >= 4 is 22.9 Å². The Labute approximate surface area is 89.2 Å². The Morgan fingerprint density at radius 2 is 1.73 bits per heavy atom. The molecule has 1 aromatic rings. The first kappa shape index (κ1) is 11.8. The molecule has 0 aromatic heterocycles. The summed E-state index contributed by atoms with van der Waals surface area (Å²) in [6.45, 7) is 0. The number of allylic oxidation sites excluding steroid dienone is 1. The summed E-state index contributed by atoms with van der Waals surface area (Å²) in [4.78, 5) is 10.3. The Bertz CT molecular complexity index is 379. The molecule has 1 aromatic carbocycles. The molecular weight excluding hydrogens is 229 g/mol. The standard InChI is InChI=1S/C10H6ClF3O/c11-9(15)6-3-7-1-4-8(5-2-7)10(12,13)14/h1-6H/b6-3+. The van der Waals surface area contributed by atoms with E-state index in [1.54, 1.807) is 0 Å². The number of halogens is 4. The third-order valence-electron chi connectivity index (χ3n) is 1.64. The van der Waals surface area contributed by atoms with Gasteiger partial charge in [0.1, 0.15) is 0 Å². The minimum absolute atomic E-state index is 0.483. The quantitative estimate of drug-likeness (QED) is 0.566. The largest absolute Gasteiger partial charge is 0.416 e. The molecular formula is C10H6ClF3O. The van der Waals surface area contributed by atoms with Gasteiger partial charge in [-0.3, -0.25) is 4.79 Å². The maximum Gasteiger partial charge on any atom is 0.416 e. The van der Waals surface area contributed by atoms with Gasteiger partial charge in [0.2, 0.25) is 5.24 Å². The molecule has 0 saturated carbocycles. The van der Waals surface area contributed by atoms with Crippen LogP contribution in [0.3, 0.4) is 0 Å². The van der Waals surface area contributed by atoms with E-state index in [9.17, 15) is 18.0 Å². The van der Waals surface area contributed by atoms with E-state index in [4.69, 9.17) is 11.6 Å². The molecule has 5 heteroatoms. The van der Waals surface area contributed by atoms with E-state index in [0.29, 0.717) is 5.56 Å². The summed E-state index contributed by atoms with van der Waals surface area (Å²) in [5.41, 5.74) is -0.242. The number of benzene rings is 1. The van der Waals surface area contributed by atoms with Gasteiger partial charge in [-0.2, -0.15) is 13.2 Å². The van der Waals surface area contributed by atoms with Crippen LogP contribution in [0.4, 0.5) is 13.2 Å². The van der Waals surface area contributed by atoms with Gasteiger partial charge in [-0.25, -0.2) is 0 Å². The fraction of sp³-hybridized carbons (Fsp3) is 0.100. The second kappa shape index (κ2) is 4.49. The SMILES string of the molecule is O=C(Cl)/C=C/c1ccc(C(F)(F)F)cc1. The molecule has 0 aliphatic rings. The van der Waals surface area contributed by atoms with Crippen LogP contribution in [0, 0.1) is 0 Å². The summed E-state index contributed by atoms with van der Waals surface area (Å²) in [5, 5.41) is -0.671. The molecule has 0 unspecified atom stereocenters. The van der Waals surface area contributed by atoms with Crippen molar-refractivity contribution in [2.24, 2.45) is 0 Å². The highest BCUT2D eigenvalue weighted by atomic mass is 35.5. The second-order valence-electron chi connectivity index (χ2n) is 2.76. The fourth-order valence-corrected chi connectivity index (χ4v) is 1.01. The van der Waals surface area contributed by atoms with Gasteiger partial charge in [0.25, 0.3) is 0 Å². The van der Waals surface area contributed by atoms with Crippen LogP contribution in [-0.4, -0.2) is 5.24 Å². The number of rotatable bonds is 2. The monoisotopic (exact) mass is 234 g/mol. The minimum atomic E-state index is -4.34. The average Bonchev–Trinajstić information content (AvgIpc) is 2.14. The third kappa shape index (κ3) is 3.75.